The molecule has 2 aromatic rings. The fourth-order valence-corrected chi connectivity index (χ4v) is 3.81. The Hall–Kier alpha value is -1.33. The number of hydrogen-bond acceptors (Lipinski definition) is 4. The standard InChI is InChI=1S/C16H21N3OS/c1-12-5-3-4-6-15(12)19-13(2)17-18-16(19)21-11-14-7-9-20-10-8-14/h3-6,14H,7-11H2,1-2H3. The smallest absolute Gasteiger partial charge is 0.195 e. The molecule has 0 spiro atoms. The molecule has 1 aliphatic rings. The highest BCUT2D eigenvalue weighted by molar-refractivity contribution is 7.99. The van der Waals surface area contributed by atoms with E-state index >= 15 is 0 Å². The molecule has 1 aliphatic heterocycles. The third-order valence-corrected chi connectivity index (χ3v) is 5.10. The van der Waals surface area contributed by atoms with Gasteiger partial charge in [-0.25, -0.2) is 0 Å². The minimum absolute atomic E-state index is 0.728. The van der Waals surface area contributed by atoms with Gasteiger partial charge in [-0.05, 0) is 44.2 Å². The van der Waals surface area contributed by atoms with Gasteiger partial charge in [-0.2, -0.15) is 0 Å². The van der Waals surface area contributed by atoms with Crippen molar-refractivity contribution in [1.29, 1.82) is 0 Å². The van der Waals surface area contributed by atoms with Crippen LogP contribution in [-0.4, -0.2) is 33.7 Å². The highest BCUT2D eigenvalue weighted by Gasteiger charge is 2.17. The van der Waals surface area contributed by atoms with Crippen molar-refractivity contribution in [3.05, 3.63) is 35.7 Å². The van der Waals surface area contributed by atoms with Crippen molar-refractivity contribution < 1.29 is 4.74 Å². The van der Waals surface area contributed by atoms with Crippen LogP contribution < -0.4 is 0 Å². The summed E-state index contributed by atoms with van der Waals surface area (Å²) in [5, 5.41) is 9.62. The number of benzene rings is 1. The number of aromatic nitrogens is 3. The Bertz CT molecular complexity index is 605. The molecular weight excluding hydrogens is 282 g/mol. The van der Waals surface area contributed by atoms with Crippen molar-refractivity contribution in [3.8, 4) is 5.69 Å². The lowest BCUT2D eigenvalue weighted by Crippen LogP contribution is -2.17. The highest BCUT2D eigenvalue weighted by Crippen LogP contribution is 2.28. The lowest BCUT2D eigenvalue weighted by molar-refractivity contribution is 0.0728. The van der Waals surface area contributed by atoms with Crippen LogP contribution in [-0.2, 0) is 4.74 Å². The summed E-state index contributed by atoms with van der Waals surface area (Å²) in [4.78, 5) is 0. The van der Waals surface area contributed by atoms with Crippen LogP contribution in [0.5, 0.6) is 0 Å². The average molecular weight is 303 g/mol. The predicted molar refractivity (Wildman–Crippen MR) is 85.1 cm³/mol. The van der Waals surface area contributed by atoms with Crippen LogP contribution in [0.25, 0.3) is 5.69 Å². The first-order chi connectivity index (χ1) is 10.3. The fraction of sp³-hybridized carbons (Fsp3) is 0.500. The summed E-state index contributed by atoms with van der Waals surface area (Å²) in [6.45, 7) is 5.93. The molecule has 3 rings (SSSR count). The number of aryl methyl sites for hydroxylation is 2. The van der Waals surface area contributed by atoms with Crippen molar-refractivity contribution in [3.63, 3.8) is 0 Å². The Balaban J connectivity index is 1.79. The van der Waals surface area contributed by atoms with E-state index in [1.165, 1.54) is 11.3 Å². The molecule has 0 aliphatic carbocycles. The van der Waals surface area contributed by atoms with Gasteiger partial charge in [0.1, 0.15) is 5.82 Å². The average Bonchev–Trinajstić information content (AvgIpc) is 2.88. The molecule has 1 saturated heterocycles. The zero-order valence-corrected chi connectivity index (χ0v) is 13.4. The van der Waals surface area contributed by atoms with Gasteiger partial charge < -0.3 is 4.74 Å². The third kappa shape index (κ3) is 3.30. The van der Waals surface area contributed by atoms with Crippen LogP contribution in [0.2, 0.25) is 0 Å². The maximum atomic E-state index is 5.42. The Labute approximate surface area is 129 Å². The van der Waals surface area contributed by atoms with Gasteiger partial charge in [-0.15, -0.1) is 10.2 Å². The van der Waals surface area contributed by atoms with Crippen LogP contribution >= 0.6 is 11.8 Å². The molecule has 112 valence electrons. The zero-order valence-electron chi connectivity index (χ0n) is 12.6. The fourth-order valence-electron chi connectivity index (χ4n) is 2.63. The second kappa shape index (κ2) is 6.62. The number of hydrogen-bond donors (Lipinski definition) is 0. The molecule has 21 heavy (non-hydrogen) atoms. The topological polar surface area (TPSA) is 39.9 Å². The van der Waals surface area contributed by atoms with Crippen LogP contribution in [0, 0.1) is 19.8 Å². The first kappa shape index (κ1) is 14.6. The van der Waals surface area contributed by atoms with E-state index < -0.39 is 0 Å². The third-order valence-electron chi connectivity index (χ3n) is 3.94. The predicted octanol–water partition coefficient (Wildman–Crippen LogP) is 3.40. The van der Waals surface area contributed by atoms with Crippen molar-refractivity contribution >= 4 is 11.8 Å². The van der Waals surface area contributed by atoms with Gasteiger partial charge in [0.2, 0.25) is 0 Å². The first-order valence-corrected chi connectivity index (χ1v) is 8.43. The normalized spacial score (nSPS) is 16.3. The molecule has 0 amide bonds. The molecule has 4 nitrogen and oxygen atoms in total. The Morgan fingerprint density at radius 1 is 1.19 bits per heavy atom. The molecule has 5 heteroatoms. The Kier molecular flexibility index (Phi) is 4.60. The minimum Gasteiger partial charge on any atom is -0.381 e. The van der Waals surface area contributed by atoms with Crippen LogP contribution in [0.1, 0.15) is 24.2 Å². The zero-order chi connectivity index (χ0) is 14.7. The molecule has 1 fully saturated rings. The molecule has 0 atom stereocenters. The van der Waals surface area contributed by atoms with Gasteiger partial charge in [-0.1, -0.05) is 30.0 Å². The molecule has 0 unspecified atom stereocenters. The molecule has 0 N–H and O–H groups in total. The molecule has 1 aromatic heterocycles. The molecular formula is C16H21N3OS. The first-order valence-electron chi connectivity index (χ1n) is 7.44. The van der Waals surface area contributed by atoms with Crippen LogP contribution in [0.4, 0.5) is 0 Å². The second-order valence-electron chi connectivity index (χ2n) is 5.52. The van der Waals surface area contributed by atoms with E-state index in [1.807, 2.05) is 18.7 Å². The maximum absolute atomic E-state index is 5.42. The summed E-state index contributed by atoms with van der Waals surface area (Å²) in [6.07, 6.45) is 2.31. The Morgan fingerprint density at radius 3 is 2.71 bits per heavy atom. The van der Waals surface area contributed by atoms with Gasteiger partial charge >= 0.3 is 0 Å². The second-order valence-corrected chi connectivity index (χ2v) is 6.51. The summed E-state index contributed by atoms with van der Waals surface area (Å²) in [7, 11) is 0. The van der Waals surface area contributed by atoms with Gasteiger partial charge in [0.25, 0.3) is 0 Å². The lowest BCUT2D eigenvalue weighted by Gasteiger charge is -2.21. The van der Waals surface area contributed by atoms with Crippen LogP contribution in [0.15, 0.2) is 29.4 Å². The van der Waals surface area contributed by atoms with E-state index in [9.17, 15) is 0 Å². The maximum Gasteiger partial charge on any atom is 0.195 e. The van der Waals surface area contributed by atoms with Crippen LogP contribution in [0.3, 0.4) is 0 Å². The number of nitrogens with zero attached hydrogens (tertiary/aromatic N) is 3. The van der Waals surface area contributed by atoms with E-state index in [-0.39, 0.29) is 0 Å². The summed E-state index contributed by atoms with van der Waals surface area (Å²) in [5.74, 6) is 2.76. The number of thioether (sulfide) groups is 1. The Morgan fingerprint density at radius 2 is 1.95 bits per heavy atom. The van der Waals surface area contributed by atoms with E-state index in [2.05, 4.69) is 46.0 Å². The molecule has 0 bridgehead atoms. The molecule has 2 heterocycles. The van der Waals surface area contributed by atoms with Crippen molar-refractivity contribution in [1.82, 2.24) is 14.8 Å². The lowest BCUT2D eigenvalue weighted by atomic mass is 10.0. The quantitative estimate of drug-likeness (QED) is 0.812. The monoisotopic (exact) mass is 303 g/mol. The van der Waals surface area contributed by atoms with Crippen molar-refractivity contribution in [2.45, 2.75) is 31.8 Å². The van der Waals surface area contributed by atoms with Gasteiger partial charge in [0.15, 0.2) is 5.16 Å². The molecule has 0 radical (unpaired) electrons. The van der Waals surface area contributed by atoms with E-state index in [4.69, 9.17) is 4.74 Å². The van der Waals surface area contributed by atoms with E-state index in [0.717, 1.165) is 48.7 Å². The van der Waals surface area contributed by atoms with E-state index in [1.54, 1.807) is 0 Å². The largest absolute Gasteiger partial charge is 0.381 e. The minimum atomic E-state index is 0.728. The van der Waals surface area contributed by atoms with Gasteiger partial charge in [-0.3, -0.25) is 4.57 Å². The number of rotatable bonds is 4. The number of para-hydroxylation sites is 1. The van der Waals surface area contributed by atoms with Gasteiger partial charge in [0.05, 0.1) is 5.69 Å². The molecule has 0 saturated carbocycles. The summed E-state index contributed by atoms with van der Waals surface area (Å²) in [6, 6.07) is 8.38. The SMILES string of the molecule is Cc1ccccc1-n1c(C)nnc1SCC1CCOCC1. The summed E-state index contributed by atoms with van der Waals surface area (Å²) < 4.78 is 7.59. The summed E-state index contributed by atoms with van der Waals surface area (Å²) in [5.41, 5.74) is 2.42. The molecule has 1 aromatic carbocycles. The number of ether oxygens (including phenoxy) is 1. The highest BCUT2D eigenvalue weighted by atomic mass is 32.2. The van der Waals surface area contributed by atoms with Gasteiger partial charge in [0, 0.05) is 19.0 Å². The summed E-state index contributed by atoms with van der Waals surface area (Å²) >= 11 is 1.81. The van der Waals surface area contributed by atoms with Crippen molar-refractivity contribution in [2.75, 3.05) is 19.0 Å². The van der Waals surface area contributed by atoms with Crippen molar-refractivity contribution in [2.24, 2.45) is 5.92 Å². The van der Waals surface area contributed by atoms with E-state index in [0.29, 0.717) is 0 Å².